The molecule has 144 valence electrons. The SMILES string of the molecule is CCc1cc(C(=O)OC)c(C#N)nc1N1CCC(OCC2(C)CC2)C2CC21. The van der Waals surface area contributed by atoms with Crippen LogP contribution in [0.15, 0.2) is 6.07 Å². The molecule has 2 aliphatic carbocycles. The third-order valence-electron chi connectivity index (χ3n) is 6.33. The van der Waals surface area contributed by atoms with E-state index in [9.17, 15) is 10.1 Å². The van der Waals surface area contributed by atoms with E-state index in [2.05, 4.69) is 22.9 Å². The van der Waals surface area contributed by atoms with Gasteiger partial charge in [0, 0.05) is 18.5 Å². The normalized spacial score (nSPS) is 27.5. The molecule has 0 aromatic carbocycles. The topological polar surface area (TPSA) is 75.5 Å². The number of carbonyl (C=O) groups is 1. The van der Waals surface area contributed by atoms with E-state index in [4.69, 9.17) is 9.47 Å². The number of ether oxygens (including phenoxy) is 2. The molecule has 6 nitrogen and oxygen atoms in total. The van der Waals surface area contributed by atoms with Crippen molar-refractivity contribution in [2.45, 2.75) is 58.1 Å². The number of aromatic nitrogens is 1. The second-order valence-electron chi connectivity index (χ2n) is 8.43. The first kappa shape index (κ1) is 18.2. The van der Waals surface area contributed by atoms with E-state index < -0.39 is 5.97 Å². The molecule has 3 unspecified atom stereocenters. The maximum atomic E-state index is 12.0. The Kier molecular flexibility index (Phi) is 4.59. The highest BCUT2D eigenvalue weighted by Crippen LogP contribution is 2.49. The van der Waals surface area contributed by atoms with Gasteiger partial charge in [0.05, 0.1) is 25.4 Å². The summed E-state index contributed by atoms with van der Waals surface area (Å²) >= 11 is 0. The highest BCUT2D eigenvalue weighted by molar-refractivity contribution is 5.92. The van der Waals surface area contributed by atoms with Crippen LogP contribution < -0.4 is 4.90 Å². The molecule has 3 fully saturated rings. The molecule has 0 amide bonds. The van der Waals surface area contributed by atoms with Crippen molar-refractivity contribution in [3.8, 4) is 6.07 Å². The van der Waals surface area contributed by atoms with Gasteiger partial charge >= 0.3 is 5.97 Å². The minimum Gasteiger partial charge on any atom is -0.465 e. The van der Waals surface area contributed by atoms with E-state index >= 15 is 0 Å². The summed E-state index contributed by atoms with van der Waals surface area (Å²) in [7, 11) is 1.32. The van der Waals surface area contributed by atoms with Gasteiger partial charge in [-0.2, -0.15) is 5.26 Å². The van der Waals surface area contributed by atoms with Crippen molar-refractivity contribution in [2.24, 2.45) is 11.3 Å². The summed E-state index contributed by atoms with van der Waals surface area (Å²) in [6.45, 7) is 6.11. The largest absolute Gasteiger partial charge is 0.465 e. The van der Waals surface area contributed by atoms with Gasteiger partial charge in [-0.1, -0.05) is 13.8 Å². The number of piperidine rings is 1. The highest BCUT2D eigenvalue weighted by Gasteiger charge is 2.52. The van der Waals surface area contributed by atoms with Crippen molar-refractivity contribution >= 4 is 11.8 Å². The number of fused-ring (bicyclic) bond motifs is 1. The molecule has 1 saturated heterocycles. The first-order chi connectivity index (χ1) is 13.0. The Balaban J connectivity index is 1.52. The number of carbonyl (C=O) groups excluding carboxylic acids is 1. The molecular formula is C21H27N3O3. The summed E-state index contributed by atoms with van der Waals surface area (Å²) in [6.07, 6.45) is 5.78. The Morgan fingerprint density at radius 1 is 1.48 bits per heavy atom. The average molecular weight is 369 g/mol. The van der Waals surface area contributed by atoms with E-state index in [1.807, 2.05) is 6.92 Å². The number of nitriles is 1. The molecule has 3 aliphatic rings. The van der Waals surface area contributed by atoms with Crippen molar-refractivity contribution in [1.82, 2.24) is 4.98 Å². The van der Waals surface area contributed by atoms with Crippen LogP contribution in [-0.4, -0.2) is 43.4 Å². The van der Waals surface area contributed by atoms with E-state index in [0.717, 1.165) is 43.8 Å². The Morgan fingerprint density at radius 2 is 2.26 bits per heavy atom. The number of anilines is 1. The summed E-state index contributed by atoms with van der Waals surface area (Å²) in [5.41, 5.74) is 1.81. The Labute approximate surface area is 160 Å². The lowest BCUT2D eigenvalue weighted by Gasteiger charge is -2.34. The molecule has 27 heavy (non-hydrogen) atoms. The lowest BCUT2D eigenvalue weighted by Crippen LogP contribution is -2.40. The van der Waals surface area contributed by atoms with Crippen LogP contribution in [0.2, 0.25) is 0 Å². The van der Waals surface area contributed by atoms with Crippen LogP contribution in [0.25, 0.3) is 0 Å². The van der Waals surface area contributed by atoms with Crippen molar-refractivity contribution in [2.75, 3.05) is 25.2 Å². The molecule has 0 bridgehead atoms. The number of methoxy groups -OCH3 is 1. The maximum absolute atomic E-state index is 12.0. The Morgan fingerprint density at radius 3 is 2.89 bits per heavy atom. The third kappa shape index (κ3) is 3.41. The van der Waals surface area contributed by atoms with Crippen molar-refractivity contribution in [3.05, 3.63) is 22.9 Å². The van der Waals surface area contributed by atoms with E-state index in [0.29, 0.717) is 23.5 Å². The zero-order valence-electron chi connectivity index (χ0n) is 16.3. The highest BCUT2D eigenvalue weighted by atomic mass is 16.5. The van der Waals surface area contributed by atoms with Gasteiger partial charge in [-0.05, 0) is 49.1 Å². The lowest BCUT2D eigenvalue weighted by atomic mass is 10.0. The van der Waals surface area contributed by atoms with Gasteiger partial charge in [0.2, 0.25) is 0 Å². The van der Waals surface area contributed by atoms with Gasteiger partial charge in [0.25, 0.3) is 0 Å². The van der Waals surface area contributed by atoms with Crippen molar-refractivity contribution in [1.29, 1.82) is 5.26 Å². The smallest absolute Gasteiger partial charge is 0.340 e. The second kappa shape index (κ2) is 6.79. The summed E-state index contributed by atoms with van der Waals surface area (Å²) in [5.74, 6) is 0.894. The molecule has 4 rings (SSSR count). The Hall–Kier alpha value is -2.13. The van der Waals surface area contributed by atoms with Crippen LogP contribution in [0.3, 0.4) is 0 Å². The average Bonchev–Trinajstić information content (AvgIpc) is 3.61. The monoisotopic (exact) mass is 369 g/mol. The number of pyridine rings is 1. The third-order valence-corrected chi connectivity index (χ3v) is 6.33. The number of hydrogen-bond acceptors (Lipinski definition) is 6. The first-order valence-corrected chi connectivity index (χ1v) is 9.90. The number of hydrogen-bond donors (Lipinski definition) is 0. The quantitative estimate of drug-likeness (QED) is 0.717. The maximum Gasteiger partial charge on any atom is 0.340 e. The van der Waals surface area contributed by atoms with Gasteiger partial charge in [0.1, 0.15) is 11.9 Å². The van der Waals surface area contributed by atoms with Gasteiger partial charge < -0.3 is 14.4 Å². The summed E-state index contributed by atoms with van der Waals surface area (Å²) < 4.78 is 11.1. The fraction of sp³-hybridized carbons (Fsp3) is 0.667. The first-order valence-electron chi connectivity index (χ1n) is 9.90. The minimum atomic E-state index is -0.509. The number of esters is 1. The van der Waals surface area contributed by atoms with Crippen molar-refractivity contribution in [3.63, 3.8) is 0 Å². The number of aryl methyl sites for hydroxylation is 1. The molecule has 2 heterocycles. The standard InChI is InChI=1S/C21H27N3O3/c1-4-13-9-14(20(25)26-3)16(11-22)23-19(13)24-8-5-18(15-10-17(15)24)27-12-21(2)6-7-21/h9,15,17-18H,4-8,10,12H2,1-3H3. The van der Waals surface area contributed by atoms with Crippen LogP contribution in [0.5, 0.6) is 0 Å². The van der Waals surface area contributed by atoms with Crippen LogP contribution in [-0.2, 0) is 15.9 Å². The van der Waals surface area contributed by atoms with E-state index in [1.54, 1.807) is 6.07 Å². The molecule has 0 radical (unpaired) electrons. The predicted octanol–water partition coefficient (Wildman–Crippen LogP) is 3.09. The summed E-state index contributed by atoms with van der Waals surface area (Å²) in [4.78, 5) is 18.9. The molecule has 0 spiro atoms. The Bertz CT molecular complexity index is 797. The molecule has 1 aromatic heterocycles. The number of rotatable bonds is 6. The predicted molar refractivity (Wildman–Crippen MR) is 101 cm³/mol. The molecule has 2 saturated carbocycles. The fourth-order valence-electron chi connectivity index (χ4n) is 4.14. The summed E-state index contributed by atoms with van der Waals surface area (Å²) in [5, 5.41) is 9.46. The zero-order valence-corrected chi connectivity index (χ0v) is 16.3. The molecule has 3 atom stereocenters. The van der Waals surface area contributed by atoms with Crippen molar-refractivity contribution < 1.29 is 14.3 Å². The lowest BCUT2D eigenvalue weighted by molar-refractivity contribution is 0.00311. The second-order valence-corrected chi connectivity index (χ2v) is 8.43. The molecule has 6 heteroatoms. The number of nitrogens with zero attached hydrogens (tertiary/aromatic N) is 3. The van der Waals surface area contributed by atoms with Crippen LogP contribution >= 0.6 is 0 Å². The van der Waals surface area contributed by atoms with E-state index in [1.165, 1.54) is 20.0 Å². The van der Waals surface area contributed by atoms with Gasteiger partial charge in [0.15, 0.2) is 5.69 Å². The molecule has 1 aliphatic heterocycles. The molecule has 1 aromatic rings. The van der Waals surface area contributed by atoms with Gasteiger partial charge in [-0.25, -0.2) is 9.78 Å². The fourth-order valence-corrected chi connectivity index (χ4v) is 4.14. The van der Waals surface area contributed by atoms with Gasteiger partial charge in [-0.3, -0.25) is 0 Å². The zero-order chi connectivity index (χ0) is 19.2. The van der Waals surface area contributed by atoms with Crippen LogP contribution in [0, 0.1) is 22.7 Å². The molecular weight excluding hydrogens is 342 g/mol. The van der Waals surface area contributed by atoms with Crippen LogP contribution in [0.1, 0.15) is 61.1 Å². The summed E-state index contributed by atoms with van der Waals surface area (Å²) in [6, 6.07) is 4.27. The molecule has 0 N–H and O–H groups in total. The van der Waals surface area contributed by atoms with Gasteiger partial charge in [-0.15, -0.1) is 0 Å². The minimum absolute atomic E-state index is 0.145. The van der Waals surface area contributed by atoms with E-state index in [-0.39, 0.29) is 11.3 Å². The van der Waals surface area contributed by atoms with Crippen LogP contribution in [0.4, 0.5) is 5.82 Å².